The van der Waals surface area contributed by atoms with Crippen molar-refractivity contribution in [3.63, 3.8) is 0 Å². The summed E-state index contributed by atoms with van der Waals surface area (Å²) in [4.78, 5) is 21.9. The third-order valence-electron chi connectivity index (χ3n) is 3.29. The van der Waals surface area contributed by atoms with Crippen molar-refractivity contribution in [2.75, 3.05) is 12.3 Å². The molecule has 0 saturated heterocycles. The molecular weight excluding hydrogens is 234 g/mol. The highest BCUT2D eigenvalue weighted by molar-refractivity contribution is 5.95. The van der Waals surface area contributed by atoms with Gasteiger partial charge < -0.3 is 11.1 Å². The lowest BCUT2D eigenvalue weighted by Gasteiger charge is -2.05. The maximum absolute atomic E-state index is 11.8. The van der Waals surface area contributed by atoms with Crippen molar-refractivity contribution in [3.8, 4) is 0 Å². The van der Waals surface area contributed by atoms with Gasteiger partial charge in [0.25, 0.3) is 11.6 Å². The molecule has 96 valence electrons. The lowest BCUT2D eigenvalue weighted by atomic mass is 10.1. The molecule has 1 aliphatic carbocycles. The van der Waals surface area contributed by atoms with Crippen molar-refractivity contribution in [1.29, 1.82) is 0 Å². The molecule has 0 bridgehead atoms. The van der Waals surface area contributed by atoms with Gasteiger partial charge in [0.15, 0.2) is 0 Å². The van der Waals surface area contributed by atoms with Crippen LogP contribution in [0.15, 0.2) is 18.2 Å². The molecule has 3 N–H and O–H groups in total. The van der Waals surface area contributed by atoms with Crippen LogP contribution in [0.2, 0.25) is 0 Å². The molecule has 1 aliphatic rings. The Bertz CT molecular complexity index is 501. The van der Waals surface area contributed by atoms with E-state index >= 15 is 0 Å². The first-order valence-corrected chi connectivity index (χ1v) is 5.81. The summed E-state index contributed by atoms with van der Waals surface area (Å²) in [5.74, 6) is 0.904. The molecule has 2 unspecified atom stereocenters. The molecule has 2 atom stereocenters. The van der Waals surface area contributed by atoms with Crippen molar-refractivity contribution in [2.24, 2.45) is 11.8 Å². The van der Waals surface area contributed by atoms with E-state index < -0.39 is 4.92 Å². The number of hydrogen-bond acceptors (Lipinski definition) is 4. The number of nitrogens with one attached hydrogen (secondary N) is 1. The molecule has 1 aromatic rings. The highest BCUT2D eigenvalue weighted by Crippen LogP contribution is 2.36. The number of anilines is 1. The minimum Gasteiger partial charge on any atom is -0.393 e. The number of nitrogens with two attached hydrogens (primary N) is 1. The zero-order valence-corrected chi connectivity index (χ0v) is 10.1. The summed E-state index contributed by atoms with van der Waals surface area (Å²) in [7, 11) is 0. The topological polar surface area (TPSA) is 98.3 Å². The van der Waals surface area contributed by atoms with E-state index in [9.17, 15) is 14.9 Å². The monoisotopic (exact) mass is 249 g/mol. The molecule has 1 fully saturated rings. The van der Waals surface area contributed by atoms with E-state index in [2.05, 4.69) is 12.2 Å². The number of carbonyl (C=O) groups is 1. The second-order valence-corrected chi connectivity index (χ2v) is 4.71. The van der Waals surface area contributed by atoms with Gasteiger partial charge in [0.05, 0.1) is 4.92 Å². The van der Waals surface area contributed by atoms with Crippen LogP contribution < -0.4 is 11.1 Å². The number of hydrogen-bond donors (Lipinski definition) is 2. The number of nitrogen functional groups attached to an aromatic ring is 1. The van der Waals surface area contributed by atoms with E-state index in [1.807, 2.05) is 0 Å². The minimum absolute atomic E-state index is 0.0624. The highest BCUT2D eigenvalue weighted by Gasteiger charge is 2.32. The van der Waals surface area contributed by atoms with Crippen LogP contribution in [0.5, 0.6) is 0 Å². The maximum Gasteiger partial charge on any atom is 0.292 e. The largest absolute Gasteiger partial charge is 0.393 e. The zero-order valence-electron chi connectivity index (χ0n) is 10.1. The number of carbonyl (C=O) groups excluding carboxylic acids is 1. The Kier molecular flexibility index (Phi) is 3.18. The van der Waals surface area contributed by atoms with Gasteiger partial charge in [-0.2, -0.15) is 0 Å². The first kappa shape index (κ1) is 12.3. The van der Waals surface area contributed by atoms with Crippen molar-refractivity contribution < 1.29 is 9.72 Å². The number of nitro benzene ring substituents is 1. The van der Waals surface area contributed by atoms with Gasteiger partial charge in [-0.1, -0.05) is 6.92 Å². The quantitative estimate of drug-likeness (QED) is 0.480. The first-order chi connectivity index (χ1) is 8.49. The van der Waals surface area contributed by atoms with Crippen LogP contribution >= 0.6 is 0 Å². The van der Waals surface area contributed by atoms with Crippen molar-refractivity contribution >= 4 is 17.3 Å². The third kappa shape index (κ3) is 2.58. The molecule has 6 nitrogen and oxygen atoms in total. The third-order valence-corrected chi connectivity index (χ3v) is 3.29. The Hall–Kier alpha value is -2.11. The van der Waals surface area contributed by atoms with E-state index in [1.54, 1.807) is 0 Å². The Balaban J connectivity index is 2.05. The van der Waals surface area contributed by atoms with Crippen LogP contribution in [0.4, 0.5) is 11.4 Å². The van der Waals surface area contributed by atoms with E-state index in [4.69, 9.17) is 5.73 Å². The Labute approximate surface area is 104 Å². The molecular formula is C12H15N3O3. The van der Waals surface area contributed by atoms with Crippen LogP contribution in [0, 0.1) is 22.0 Å². The minimum atomic E-state index is -0.588. The summed E-state index contributed by atoms with van der Waals surface area (Å²) < 4.78 is 0. The fraction of sp³-hybridized carbons (Fsp3) is 0.417. The lowest BCUT2D eigenvalue weighted by Crippen LogP contribution is -2.26. The number of benzene rings is 1. The molecule has 1 aromatic carbocycles. The van der Waals surface area contributed by atoms with Crippen LogP contribution in [0.3, 0.4) is 0 Å². The first-order valence-electron chi connectivity index (χ1n) is 5.81. The molecule has 2 rings (SSSR count). The molecule has 0 aliphatic heterocycles. The predicted octanol–water partition coefficient (Wildman–Crippen LogP) is 1.56. The molecule has 0 heterocycles. The molecule has 18 heavy (non-hydrogen) atoms. The van der Waals surface area contributed by atoms with Crippen molar-refractivity contribution in [2.45, 2.75) is 13.3 Å². The second-order valence-electron chi connectivity index (χ2n) is 4.71. The molecule has 1 saturated carbocycles. The SMILES string of the molecule is CC1CC1CNC(=O)c1ccc(N)c([N+](=O)[O-])c1. The van der Waals surface area contributed by atoms with Crippen LogP contribution in [0.1, 0.15) is 23.7 Å². The Morgan fingerprint density at radius 3 is 2.83 bits per heavy atom. The summed E-state index contributed by atoms with van der Waals surface area (Å²) in [6.45, 7) is 2.75. The maximum atomic E-state index is 11.8. The van der Waals surface area contributed by atoms with Gasteiger partial charge in [-0.3, -0.25) is 14.9 Å². The lowest BCUT2D eigenvalue weighted by molar-refractivity contribution is -0.383. The van der Waals surface area contributed by atoms with Gasteiger partial charge in [0, 0.05) is 18.2 Å². The van der Waals surface area contributed by atoms with Gasteiger partial charge >= 0.3 is 0 Å². The Morgan fingerprint density at radius 1 is 1.61 bits per heavy atom. The predicted molar refractivity (Wildman–Crippen MR) is 67.1 cm³/mol. The summed E-state index contributed by atoms with van der Waals surface area (Å²) in [6.07, 6.45) is 1.13. The van der Waals surface area contributed by atoms with E-state index in [1.165, 1.54) is 18.2 Å². The van der Waals surface area contributed by atoms with E-state index in [0.29, 0.717) is 18.4 Å². The number of nitro groups is 1. The van der Waals surface area contributed by atoms with Gasteiger partial charge in [0.2, 0.25) is 0 Å². The van der Waals surface area contributed by atoms with Crippen molar-refractivity contribution in [3.05, 3.63) is 33.9 Å². The average Bonchev–Trinajstić information content (AvgIpc) is 3.02. The van der Waals surface area contributed by atoms with Crippen LogP contribution in [-0.2, 0) is 0 Å². The molecule has 0 spiro atoms. The standard InChI is InChI=1S/C12H15N3O3/c1-7-4-9(7)6-14-12(16)8-2-3-10(13)11(5-8)15(17)18/h2-3,5,7,9H,4,6,13H2,1H3,(H,14,16). The molecule has 0 aromatic heterocycles. The van der Waals surface area contributed by atoms with Gasteiger partial charge in [-0.15, -0.1) is 0 Å². The highest BCUT2D eigenvalue weighted by atomic mass is 16.6. The van der Waals surface area contributed by atoms with Crippen LogP contribution in [0.25, 0.3) is 0 Å². The number of rotatable bonds is 4. The number of amides is 1. The van der Waals surface area contributed by atoms with Gasteiger partial charge in [0.1, 0.15) is 5.69 Å². The fourth-order valence-electron chi connectivity index (χ4n) is 1.85. The average molecular weight is 249 g/mol. The molecule has 0 radical (unpaired) electrons. The summed E-state index contributed by atoms with van der Waals surface area (Å²) in [6, 6.07) is 4.09. The van der Waals surface area contributed by atoms with Crippen LogP contribution in [-0.4, -0.2) is 17.4 Å². The summed E-state index contributed by atoms with van der Waals surface area (Å²) >= 11 is 0. The van der Waals surface area contributed by atoms with E-state index in [-0.39, 0.29) is 22.8 Å². The van der Waals surface area contributed by atoms with E-state index in [0.717, 1.165) is 6.42 Å². The normalized spacial score (nSPS) is 21.4. The number of nitrogens with zero attached hydrogens (tertiary/aromatic N) is 1. The second kappa shape index (κ2) is 4.64. The summed E-state index contributed by atoms with van der Waals surface area (Å²) in [5, 5.41) is 13.5. The fourth-order valence-corrected chi connectivity index (χ4v) is 1.85. The van der Waals surface area contributed by atoms with Gasteiger partial charge in [-0.05, 0) is 30.4 Å². The van der Waals surface area contributed by atoms with Gasteiger partial charge in [-0.25, -0.2) is 0 Å². The Morgan fingerprint density at radius 2 is 2.28 bits per heavy atom. The zero-order chi connectivity index (χ0) is 13.3. The smallest absolute Gasteiger partial charge is 0.292 e. The molecule has 1 amide bonds. The van der Waals surface area contributed by atoms with Crippen molar-refractivity contribution in [1.82, 2.24) is 5.32 Å². The molecule has 6 heteroatoms. The summed E-state index contributed by atoms with van der Waals surface area (Å²) in [5.41, 5.74) is 5.56.